The molecular weight excluding hydrogens is 195 g/mol. The van der Waals surface area contributed by atoms with Crippen LogP contribution in [0.1, 0.15) is 17.2 Å². The lowest BCUT2D eigenvalue weighted by molar-refractivity contribution is -0.124. The summed E-state index contributed by atoms with van der Waals surface area (Å²) in [6.07, 6.45) is 0. The van der Waals surface area contributed by atoms with Gasteiger partial charge in [0.05, 0.1) is 0 Å². The van der Waals surface area contributed by atoms with Gasteiger partial charge in [-0.2, -0.15) is 0 Å². The zero-order valence-electron chi connectivity index (χ0n) is 8.03. The molecule has 74 valence electrons. The highest BCUT2D eigenvalue weighted by Crippen LogP contribution is 2.35. The van der Waals surface area contributed by atoms with E-state index in [1.165, 1.54) is 5.56 Å². The lowest BCUT2D eigenvalue weighted by atomic mass is 10.1. The van der Waals surface area contributed by atoms with Gasteiger partial charge in [-0.15, -0.1) is 0 Å². The highest BCUT2D eigenvalue weighted by Gasteiger charge is 2.32. The van der Waals surface area contributed by atoms with E-state index in [0.717, 1.165) is 12.1 Å². The molecule has 0 saturated carbocycles. The number of likely N-dealkylation sites (N-methyl/N-ethyl adjacent to an activating group) is 1. The Kier molecular flexibility index (Phi) is 2.53. The standard InChI is InChI=1S/C10H13N2OP/c1-11-10(13)9-8-5-3-2-4-7(8)6-12(9)14/h2-5,9H,6,14H2,1H3,(H,11,13). The van der Waals surface area contributed by atoms with E-state index in [-0.39, 0.29) is 11.9 Å². The fourth-order valence-electron chi connectivity index (χ4n) is 1.84. The lowest BCUT2D eigenvalue weighted by Gasteiger charge is -2.17. The maximum Gasteiger partial charge on any atom is 0.242 e. The minimum Gasteiger partial charge on any atom is -0.358 e. The van der Waals surface area contributed by atoms with Crippen molar-refractivity contribution in [3.63, 3.8) is 0 Å². The number of nitrogens with one attached hydrogen (secondary N) is 1. The summed E-state index contributed by atoms with van der Waals surface area (Å²) in [7, 11) is 4.27. The van der Waals surface area contributed by atoms with Gasteiger partial charge in [0.25, 0.3) is 0 Å². The molecule has 1 aliphatic heterocycles. The number of hydrogen-bond acceptors (Lipinski definition) is 2. The van der Waals surface area contributed by atoms with E-state index in [0.29, 0.717) is 0 Å². The summed E-state index contributed by atoms with van der Waals surface area (Å²) in [5.41, 5.74) is 2.35. The molecule has 0 saturated heterocycles. The molecule has 1 aliphatic rings. The third-order valence-corrected chi connectivity index (χ3v) is 3.01. The molecule has 3 nitrogen and oxygen atoms in total. The van der Waals surface area contributed by atoms with Crippen LogP contribution in [-0.2, 0) is 11.3 Å². The number of carbonyl (C=O) groups excluding carboxylic acids is 1. The molecule has 0 radical (unpaired) electrons. The summed E-state index contributed by atoms with van der Waals surface area (Å²) in [5, 5.41) is 2.68. The molecule has 0 aromatic heterocycles. The number of nitrogens with zero attached hydrogens (tertiary/aromatic N) is 1. The molecule has 2 rings (SSSR count). The Balaban J connectivity index is 2.39. The zero-order valence-corrected chi connectivity index (χ0v) is 9.18. The van der Waals surface area contributed by atoms with E-state index in [4.69, 9.17) is 0 Å². The van der Waals surface area contributed by atoms with Gasteiger partial charge in [0.2, 0.25) is 5.91 Å². The molecule has 0 spiro atoms. The van der Waals surface area contributed by atoms with Crippen LogP contribution < -0.4 is 5.32 Å². The van der Waals surface area contributed by atoms with Crippen LogP contribution in [0.2, 0.25) is 0 Å². The number of fused-ring (bicyclic) bond motifs is 1. The molecule has 2 atom stereocenters. The van der Waals surface area contributed by atoms with Gasteiger partial charge in [-0.3, -0.25) is 9.46 Å². The van der Waals surface area contributed by atoms with E-state index in [1.807, 2.05) is 22.9 Å². The fraction of sp³-hybridized carbons (Fsp3) is 0.300. The lowest BCUT2D eigenvalue weighted by Crippen LogP contribution is -2.30. The summed E-state index contributed by atoms with van der Waals surface area (Å²) in [6, 6.07) is 7.90. The molecule has 0 bridgehead atoms. The first kappa shape index (κ1) is 9.63. The molecule has 1 N–H and O–H groups in total. The normalized spacial score (nSPS) is 20.6. The van der Waals surface area contributed by atoms with Gasteiger partial charge in [0, 0.05) is 13.6 Å². The average Bonchev–Trinajstić information content (AvgIpc) is 2.53. The van der Waals surface area contributed by atoms with Gasteiger partial charge in [0.15, 0.2) is 0 Å². The SMILES string of the molecule is CNC(=O)C1c2ccccc2CN1P. The Bertz CT molecular complexity index is 367. The monoisotopic (exact) mass is 208 g/mol. The Morgan fingerprint density at radius 1 is 1.57 bits per heavy atom. The van der Waals surface area contributed by atoms with Crippen LogP contribution in [0.25, 0.3) is 0 Å². The van der Waals surface area contributed by atoms with Gasteiger partial charge < -0.3 is 5.32 Å². The van der Waals surface area contributed by atoms with Gasteiger partial charge in [0.1, 0.15) is 6.04 Å². The topological polar surface area (TPSA) is 32.3 Å². The Labute approximate surface area is 85.7 Å². The third kappa shape index (κ3) is 1.43. The highest BCUT2D eigenvalue weighted by atomic mass is 31.0. The number of hydrogen-bond donors (Lipinski definition) is 1. The predicted molar refractivity (Wildman–Crippen MR) is 58.5 cm³/mol. The minimum absolute atomic E-state index is 0.0463. The van der Waals surface area contributed by atoms with Crippen molar-refractivity contribution >= 4 is 15.3 Å². The zero-order chi connectivity index (χ0) is 10.1. The summed E-state index contributed by atoms with van der Waals surface area (Å²) < 4.78 is 1.98. The first-order valence-corrected chi connectivity index (χ1v) is 5.06. The van der Waals surface area contributed by atoms with Crippen molar-refractivity contribution in [2.24, 2.45) is 0 Å². The number of amides is 1. The first-order chi connectivity index (χ1) is 6.74. The van der Waals surface area contributed by atoms with Crippen molar-refractivity contribution in [3.05, 3.63) is 35.4 Å². The highest BCUT2D eigenvalue weighted by molar-refractivity contribution is 7.13. The van der Waals surface area contributed by atoms with Gasteiger partial charge in [-0.05, 0) is 11.1 Å². The van der Waals surface area contributed by atoms with Crippen molar-refractivity contribution in [2.45, 2.75) is 12.6 Å². The molecule has 1 aromatic carbocycles. The summed E-state index contributed by atoms with van der Waals surface area (Å²) >= 11 is 0. The van der Waals surface area contributed by atoms with Gasteiger partial charge in [-0.25, -0.2) is 0 Å². The fourth-order valence-corrected chi connectivity index (χ4v) is 2.33. The molecule has 4 heteroatoms. The van der Waals surface area contributed by atoms with E-state index in [9.17, 15) is 4.79 Å². The molecule has 1 amide bonds. The van der Waals surface area contributed by atoms with Crippen LogP contribution in [0.15, 0.2) is 24.3 Å². The van der Waals surface area contributed by atoms with Crippen LogP contribution in [-0.4, -0.2) is 17.6 Å². The molecule has 14 heavy (non-hydrogen) atoms. The van der Waals surface area contributed by atoms with Crippen LogP contribution in [0.4, 0.5) is 0 Å². The second kappa shape index (κ2) is 3.68. The number of benzene rings is 1. The van der Waals surface area contributed by atoms with Crippen LogP contribution in [0, 0.1) is 0 Å². The molecule has 2 unspecified atom stereocenters. The Hall–Kier alpha value is -0.920. The van der Waals surface area contributed by atoms with Crippen LogP contribution in [0.5, 0.6) is 0 Å². The smallest absolute Gasteiger partial charge is 0.242 e. The minimum atomic E-state index is -0.152. The van der Waals surface area contributed by atoms with Gasteiger partial charge >= 0.3 is 0 Å². The molecule has 0 fully saturated rings. The third-order valence-electron chi connectivity index (χ3n) is 2.53. The number of rotatable bonds is 1. The average molecular weight is 208 g/mol. The van der Waals surface area contributed by atoms with Crippen molar-refractivity contribution in [3.8, 4) is 0 Å². The van der Waals surface area contributed by atoms with E-state index < -0.39 is 0 Å². The van der Waals surface area contributed by atoms with Crippen molar-refractivity contribution in [1.82, 2.24) is 9.99 Å². The second-order valence-corrected chi connectivity index (χ2v) is 4.05. The molecule has 0 aliphatic carbocycles. The Morgan fingerprint density at radius 3 is 3.00 bits per heavy atom. The van der Waals surface area contributed by atoms with E-state index >= 15 is 0 Å². The summed E-state index contributed by atoms with van der Waals surface area (Å²) in [4.78, 5) is 11.6. The van der Waals surface area contributed by atoms with E-state index in [2.05, 4.69) is 20.8 Å². The first-order valence-electron chi connectivity index (χ1n) is 4.55. The predicted octanol–water partition coefficient (Wildman–Crippen LogP) is 1.08. The van der Waals surface area contributed by atoms with Crippen molar-refractivity contribution < 1.29 is 4.79 Å². The quantitative estimate of drug-likeness (QED) is 0.700. The summed E-state index contributed by atoms with van der Waals surface area (Å²) in [6.45, 7) is 0.818. The van der Waals surface area contributed by atoms with Crippen molar-refractivity contribution in [2.75, 3.05) is 7.05 Å². The van der Waals surface area contributed by atoms with E-state index in [1.54, 1.807) is 7.05 Å². The van der Waals surface area contributed by atoms with Crippen molar-refractivity contribution in [1.29, 1.82) is 0 Å². The number of carbonyl (C=O) groups is 1. The summed E-state index contributed by atoms with van der Waals surface area (Å²) in [5.74, 6) is 0.0463. The maximum atomic E-state index is 11.6. The van der Waals surface area contributed by atoms with Crippen LogP contribution in [0.3, 0.4) is 0 Å². The maximum absolute atomic E-state index is 11.6. The second-order valence-electron chi connectivity index (χ2n) is 3.39. The molecule has 1 aromatic rings. The Morgan fingerprint density at radius 2 is 2.29 bits per heavy atom. The largest absolute Gasteiger partial charge is 0.358 e. The van der Waals surface area contributed by atoms with Gasteiger partial charge in [-0.1, -0.05) is 33.7 Å². The molecule has 1 heterocycles. The molecular formula is C10H13N2OP. The van der Waals surface area contributed by atoms with Crippen LogP contribution >= 0.6 is 9.39 Å².